The molecule has 0 nitrogen and oxygen atoms in total. The maximum absolute atomic E-state index is 2.69. The number of hydrogen-bond donors (Lipinski definition) is 0. The molecule has 6 rings (SSSR count). The SMILES string of the molecule is CCCCCC/C(=C\[S+]1c2ccccc2Sc2ccccc21)[S+]1c2ccccc2Sc2ccccc21. The van der Waals surface area contributed by atoms with Crippen LogP contribution in [0.25, 0.3) is 0 Å². The lowest BCUT2D eigenvalue weighted by atomic mass is 10.1. The fraction of sp³-hybridized carbons (Fsp3) is 0.188. The van der Waals surface area contributed by atoms with Gasteiger partial charge in [0.1, 0.15) is 10.9 Å². The van der Waals surface area contributed by atoms with Crippen LogP contribution < -0.4 is 0 Å². The van der Waals surface area contributed by atoms with Gasteiger partial charge in [0.15, 0.2) is 29.9 Å². The third-order valence-corrected chi connectivity index (χ3v) is 14.1. The minimum atomic E-state index is -0.0698. The van der Waals surface area contributed by atoms with Crippen molar-refractivity contribution >= 4 is 45.3 Å². The van der Waals surface area contributed by atoms with Crippen LogP contribution in [0, 0.1) is 0 Å². The standard InChI is InChI=1S/C32H30S4/c1-2-3-4-5-14-24(36-31-21-12-8-17-27(31)34-28-18-9-13-22-32(28)36)23-35-29-19-10-6-15-25(29)33-26-16-7-11-20-30(26)35/h6-13,15-23H,2-5,14H2,1H3/q+2/b24-23+. The smallest absolute Gasteiger partial charge is 0.0795 e. The quantitative estimate of drug-likeness (QED) is 0.168. The Bertz CT molecular complexity index is 1320. The molecular formula is C32H30S4+2. The van der Waals surface area contributed by atoms with Gasteiger partial charge in [-0.15, -0.1) is 0 Å². The van der Waals surface area contributed by atoms with Crippen molar-refractivity contribution in [3.63, 3.8) is 0 Å². The van der Waals surface area contributed by atoms with Gasteiger partial charge in [0.25, 0.3) is 0 Å². The van der Waals surface area contributed by atoms with Gasteiger partial charge in [-0.1, -0.05) is 98.2 Å². The number of unbranched alkanes of at least 4 members (excludes halogenated alkanes) is 3. The van der Waals surface area contributed by atoms with Crippen LogP contribution in [-0.4, -0.2) is 0 Å². The van der Waals surface area contributed by atoms with Crippen LogP contribution in [0.15, 0.2) is 147 Å². The van der Waals surface area contributed by atoms with E-state index in [4.69, 9.17) is 0 Å². The van der Waals surface area contributed by atoms with Crippen molar-refractivity contribution in [1.29, 1.82) is 0 Å². The van der Waals surface area contributed by atoms with Crippen molar-refractivity contribution in [3.8, 4) is 0 Å². The summed E-state index contributed by atoms with van der Waals surface area (Å²) in [5, 5.41) is 2.69. The molecule has 2 aliphatic rings. The average Bonchev–Trinajstić information content (AvgIpc) is 2.93. The van der Waals surface area contributed by atoms with Gasteiger partial charge < -0.3 is 0 Å². The number of benzene rings is 4. The molecule has 0 bridgehead atoms. The lowest BCUT2D eigenvalue weighted by Gasteiger charge is -2.21. The molecule has 0 amide bonds. The molecule has 4 heteroatoms. The molecule has 36 heavy (non-hydrogen) atoms. The highest BCUT2D eigenvalue weighted by Gasteiger charge is 2.43. The highest BCUT2D eigenvalue weighted by atomic mass is 32.2. The monoisotopic (exact) mass is 542 g/mol. The Kier molecular flexibility index (Phi) is 7.57. The van der Waals surface area contributed by atoms with Crippen molar-refractivity contribution in [3.05, 3.63) is 107 Å². The minimum absolute atomic E-state index is 0.0526. The van der Waals surface area contributed by atoms with Crippen LogP contribution in [0.3, 0.4) is 0 Å². The van der Waals surface area contributed by atoms with E-state index in [2.05, 4.69) is 109 Å². The van der Waals surface area contributed by atoms with Crippen LogP contribution in [0.2, 0.25) is 0 Å². The van der Waals surface area contributed by atoms with Gasteiger partial charge in [-0.05, 0) is 55.0 Å². The molecular weight excluding hydrogens is 513 g/mol. The van der Waals surface area contributed by atoms with Gasteiger partial charge in [-0.2, -0.15) is 0 Å². The summed E-state index contributed by atoms with van der Waals surface area (Å²) >= 11 is 3.86. The average molecular weight is 543 g/mol. The lowest BCUT2D eigenvalue weighted by molar-refractivity contribution is 0.672. The van der Waals surface area contributed by atoms with Gasteiger partial charge in [-0.25, -0.2) is 0 Å². The van der Waals surface area contributed by atoms with E-state index in [1.807, 2.05) is 23.5 Å². The van der Waals surface area contributed by atoms with Crippen LogP contribution in [0.4, 0.5) is 0 Å². The molecule has 180 valence electrons. The number of allylic oxidation sites excluding steroid dienone is 1. The van der Waals surface area contributed by atoms with E-state index in [1.54, 1.807) is 4.91 Å². The summed E-state index contributed by atoms with van der Waals surface area (Å²) in [6.45, 7) is 2.30. The van der Waals surface area contributed by atoms with Gasteiger partial charge in [0.05, 0.1) is 30.5 Å². The molecule has 0 saturated heterocycles. The fourth-order valence-electron chi connectivity index (χ4n) is 4.79. The third kappa shape index (κ3) is 4.81. The fourth-order valence-corrected chi connectivity index (χ4v) is 12.7. The second-order valence-corrected chi connectivity index (χ2v) is 15.0. The Morgan fingerprint density at radius 1 is 0.583 bits per heavy atom. The molecule has 0 unspecified atom stereocenters. The van der Waals surface area contributed by atoms with Crippen LogP contribution >= 0.6 is 23.5 Å². The first kappa shape index (κ1) is 24.4. The molecule has 0 N–H and O–H groups in total. The Morgan fingerprint density at radius 2 is 1.03 bits per heavy atom. The van der Waals surface area contributed by atoms with Crippen molar-refractivity contribution in [2.75, 3.05) is 0 Å². The largest absolute Gasteiger partial charge is 0.191 e. The van der Waals surface area contributed by atoms with Crippen molar-refractivity contribution in [1.82, 2.24) is 0 Å². The topological polar surface area (TPSA) is 0 Å². The molecule has 0 fully saturated rings. The van der Waals surface area contributed by atoms with Crippen LogP contribution in [0.1, 0.15) is 39.0 Å². The molecule has 0 saturated carbocycles. The third-order valence-electron chi connectivity index (χ3n) is 6.54. The maximum atomic E-state index is 2.69. The van der Waals surface area contributed by atoms with E-state index in [0.717, 1.165) is 6.42 Å². The highest BCUT2D eigenvalue weighted by Crippen LogP contribution is 2.51. The van der Waals surface area contributed by atoms with Crippen molar-refractivity contribution in [2.24, 2.45) is 0 Å². The summed E-state index contributed by atoms with van der Waals surface area (Å²) < 4.78 is 0. The Hall–Kier alpha value is -1.98. The minimum Gasteiger partial charge on any atom is -0.0795 e. The first-order valence-electron chi connectivity index (χ1n) is 12.7. The molecule has 4 aromatic carbocycles. The number of fused-ring (bicyclic) bond motifs is 4. The molecule has 0 aromatic heterocycles. The van der Waals surface area contributed by atoms with E-state index < -0.39 is 0 Å². The van der Waals surface area contributed by atoms with E-state index in [0.29, 0.717) is 0 Å². The molecule has 2 heterocycles. The second kappa shape index (κ2) is 11.2. The Morgan fingerprint density at radius 3 is 1.53 bits per heavy atom. The molecule has 2 aliphatic heterocycles. The summed E-state index contributed by atoms with van der Waals surface area (Å²) in [4.78, 5) is 13.2. The van der Waals surface area contributed by atoms with Gasteiger partial charge in [0.2, 0.25) is 0 Å². The highest BCUT2D eigenvalue weighted by molar-refractivity contribution is 8.07. The predicted molar refractivity (Wildman–Crippen MR) is 159 cm³/mol. The second-order valence-electron chi connectivity index (χ2n) is 9.03. The van der Waals surface area contributed by atoms with Gasteiger partial charge in [-0.3, -0.25) is 0 Å². The number of rotatable bonds is 7. The van der Waals surface area contributed by atoms with Crippen LogP contribution in [0.5, 0.6) is 0 Å². The molecule has 0 spiro atoms. The number of hydrogen-bond acceptors (Lipinski definition) is 2. The van der Waals surface area contributed by atoms with E-state index >= 15 is 0 Å². The zero-order chi connectivity index (χ0) is 24.3. The Labute approximate surface area is 229 Å². The van der Waals surface area contributed by atoms with Gasteiger partial charge in [0, 0.05) is 6.42 Å². The molecule has 4 aromatic rings. The first-order valence-corrected chi connectivity index (χ1v) is 16.9. The first-order chi connectivity index (χ1) is 17.8. The molecule has 0 atom stereocenters. The van der Waals surface area contributed by atoms with Crippen LogP contribution in [-0.2, 0) is 21.8 Å². The van der Waals surface area contributed by atoms with Gasteiger partial charge >= 0.3 is 0 Å². The summed E-state index contributed by atoms with van der Waals surface area (Å²) in [7, 11) is -0.122. The molecule has 0 aliphatic carbocycles. The van der Waals surface area contributed by atoms with E-state index in [9.17, 15) is 0 Å². The zero-order valence-electron chi connectivity index (χ0n) is 20.5. The predicted octanol–water partition coefficient (Wildman–Crippen LogP) is 10.2. The molecule has 0 radical (unpaired) electrons. The summed E-state index contributed by atoms with van der Waals surface area (Å²) in [6, 6.07) is 36.3. The lowest BCUT2D eigenvalue weighted by Crippen LogP contribution is -2.16. The van der Waals surface area contributed by atoms with E-state index in [-0.39, 0.29) is 21.8 Å². The summed E-state index contributed by atoms with van der Waals surface area (Å²) in [5.41, 5.74) is 0. The summed E-state index contributed by atoms with van der Waals surface area (Å²) in [6.07, 6.45) is 6.32. The summed E-state index contributed by atoms with van der Waals surface area (Å²) in [5.74, 6) is 0. The maximum Gasteiger partial charge on any atom is 0.191 e. The Balaban J connectivity index is 1.52. The van der Waals surface area contributed by atoms with Crippen molar-refractivity contribution in [2.45, 2.75) is 78.2 Å². The van der Waals surface area contributed by atoms with E-state index in [1.165, 1.54) is 64.8 Å². The normalized spacial score (nSPS) is 15.1. The zero-order valence-corrected chi connectivity index (χ0v) is 23.7. The van der Waals surface area contributed by atoms with Crippen molar-refractivity contribution < 1.29 is 0 Å².